The molecule has 0 aromatic heterocycles. The lowest BCUT2D eigenvalue weighted by atomic mass is 9.99. The first-order valence-corrected chi connectivity index (χ1v) is 4.93. The van der Waals surface area contributed by atoms with Gasteiger partial charge in [0.25, 0.3) is 5.92 Å². The fraction of sp³-hybridized carbons (Fsp3) is 0.455. The number of hydrogen-bond donors (Lipinski definition) is 0. The Morgan fingerprint density at radius 1 is 1.36 bits per heavy atom. The van der Waals surface area contributed by atoms with Crippen molar-refractivity contribution in [2.24, 2.45) is 5.92 Å². The van der Waals surface area contributed by atoms with Crippen molar-refractivity contribution in [3.63, 3.8) is 0 Å². The lowest BCUT2D eigenvalue weighted by Gasteiger charge is -2.18. The van der Waals surface area contributed by atoms with Crippen molar-refractivity contribution in [1.82, 2.24) is 0 Å². The molecule has 0 spiro atoms. The molecule has 0 saturated carbocycles. The van der Waals surface area contributed by atoms with Gasteiger partial charge < -0.3 is 0 Å². The van der Waals surface area contributed by atoms with Crippen molar-refractivity contribution in [2.45, 2.75) is 26.2 Å². The maximum atomic E-state index is 13.5. The lowest BCUT2D eigenvalue weighted by molar-refractivity contribution is -0.0249. The van der Waals surface area contributed by atoms with E-state index in [9.17, 15) is 8.78 Å². The molecule has 0 saturated heterocycles. The molecule has 0 heterocycles. The van der Waals surface area contributed by atoms with E-state index in [4.69, 9.17) is 11.6 Å². The summed E-state index contributed by atoms with van der Waals surface area (Å²) in [5, 5.41) is 0.353. The Labute approximate surface area is 87.9 Å². The molecular weight excluding hydrogens is 206 g/mol. The summed E-state index contributed by atoms with van der Waals surface area (Å²) in [6.45, 7) is 3.55. The molecule has 0 N–H and O–H groups in total. The van der Waals surface area contributed by atoms with Crippen LogP contribution < -0.4 is 0 Å². The van der Waals surface area contributed by atoms with E-state index in [0.29, 0.717) is 5.02 Å². The zero-order chi connectivity index (χ0) is 10.8. The van der Waals surface area contributed by atoms with Crippen molar-refractivity contribution in [3.05, 3.63) is 34.9 Å². The van der Waals surface area contributed by atoms with Crippen LogP contribution in [0.3, 0.4) is 0 Å². The lowest BCUT2D eigenvalue weighted by Crippen LogP contribution is -2.16. The summed E-state index contributed by atoms with van der Waals surface area (Å²) < 4.78 is 27.1. The minimum Gasteiger partial charge on any atom is -0.201 e. The molecule has 0 radical (unpaired) electrons. The third kappa shape index (κ3) is 2.95. The van der Waals surface area contributed by atoms with Gasteiger partial charge in [-0.15, -0.1) is 0 Å². The first-order valence-electron chi connectivity index (χ1n) is 4.55. The minimum absolute atomic E-state index is 0.00120. The van der Waals surface area contributed by atoms with Gasteiger partial charge in [-0.2, -0.15) is 0 Å². The van der Waals surface area contributed by atoms with Gasteiger partial charge >= 0.3 is 0 Å². The van der Waals surface area contributed by atoms with E-state index in [0.717, 1.165) is 0 Å². The van der Waals surface area contributed by atoms with Crippen LogP contribution in [0, 0.1) is 5.92 Å². The molecule has 1 aromatic carbocycles. The van der Waals surface area contributed by atoms with Gasteiger partial charge in [-0.05, 0) is 18.1 Å². The standard InChI is InChI=1S/C11H13ClF2/c1-8(2)7-11(13,14)9-4-3-5-10(12)6-9/h3-6,8H,7H2,1-2H3. The quantitative estimate of drug-likeness (QED) is 0.702. The Morgan fingerprint density at radius 3 is 2.50 bits per heavy atom. The van der Waals surface area contributed by atoms with Crippen LogP contribution in [0.25, 0.3) is 0 Å². The molecule has 0 bridgehead atoms. The van der Waals surface area contributed by atoms with Crippen LogP contribution in [-0.4, -0.2) is 0 Å². The molecule has 0 aliphatic rings. The molecule has 0 aliphatic carbocycles. The van der Waals surface area contributed by atoms with Gasteiger partial charge in [0.05, 0.1) is 0 Å². The second-order valence-electron chi connectivity index (χ2n) is 3.81. The minimum atomic E-state index is -2.78. The molecule has 0 amide bonds. The number of hydrogen-bond acceptors (Lipinski definition) is 0. The SMILES string of the molecule is CC(C)CC(F)(F)c1cccc(Cl)c1. The van der Waals surface area contributed by atoms with Crippen molar-refractivity contribution < 1.29 is 8.78 Å². The van der Waals surface area contributed by atoms with Gasteiger partial charge in [0, 0.05) is 17.0 Å². The van der Waals surface area contributed by atoms with Crippen LogP contribution in [0.1, 0.15) is 25.8 Å². The fourth-order valence-corrected chi connectivity index (χ4v) is 1.54. The van der Waals surface area contributed by atoms with Crippen LogP contribution >= 0.6 is 11.6 Å². The maximum Gasteiger partial charge on any atom is 0.273 e. The second kappa shape index (κ2) is 4.26. The first-order chi connectivity index (χ1) is 6.42. The number of rotatable bonds is 3. The Hall–Kier alpha value is -0.630. The molecule has 0 aliphatic heterocycles. The van der Waals surface area contributed by atoms with Gasteiger partial charge in [0.1, 0.15) is 0 Å². The highest BCUT2D eigenvalue weighted by Crippen LogP contribution is 2.35. The van der Waals surface area contributed by atoms with Crippen LogP contribution in [-0.2, 0) is 5.92 Å². The third-order valence-electron chi connectivity index (χ3n) is 1.91. The van der Waals surface area contributed by atoms with Gasteiger partial charge in [0.2, 0.25) is 0 Å². The first kappa shape index (κ1) is 11.4. The summed E-state index contributed by atoms with van der Waals surface area (Å²) in [6, 6.07) is 5.88. The molecule has 0 atom stereocenters. The molecule has 0 nitrogen and oxygen atoms in total. The highest BCUT2D eigenvalue weighted by molar-refractivity contribution is 6.30. The highest BCUT2D eigenvalue weighted by atomic mass is 35.5. The maximum absolute atomic E-state index is 13.5. The summed E-state index contributed by atoms with van der Waals surface area (Å²) in [5.74, 6) is -2.82. The average Bonchev–Trinajstić information content (AvgIpc) is 2.01. The molecular formula is C11H13ClF2. The normalized spacial score (nSPS) is 12.1. The number of benzene rings is 1. The highest BCUT2D eigenvalue weighted by Gasteiger charge is 2.32. The van der Waals surface area contributed by atoms with Crippen molar-refractivity contribution in [1.29, 1.82) is 0 Å². The summed E-state index contributed by atoms with van der Waals surface area (Å²) >= 11 is 5.65. The van der Waals surface area contributed by atoms with E-state index in [1.165, 1.54) is 12.1 Å². The Morgan fingerprint density at radius 2 is 2.00 bits per heavy atom. The van der Waals surface area contributed by atoms with Crippen molar-refractivity contribution >= 4 is 11.6 Å². The Bertz CT molecular complexity index is 308. The second-order valence-corrected chi connectivity index (χ2v) is 4.25. The molecule has 1 rings (SSSR count). The van der Waals surface area contributed by atoms with Gasteiger partial charge in [-0.1, -0.05) is 37.6 Å². The zero-order valence-electron chi connectivity index (χ0n) is 8.23. The van der Waals surface area contributed by atoms with Crippen LogP contribution in [0.2, 0.25) is 5.02 Å². The van der Waals surface area contributed by atoms with E-state index >= 15 is 0 Å². The molecule has 0 fully saturated rings. The Kier molecular flexibility index (Phi) is 3.48. The molecule has 1 aromatic rings. The largest absolute Gasteiger partial charge is 0.273 e. The molecule has 78 valence electrons. The molecule has 0 unspecified atom stereocenters. The van der Waals surface area contributed by atoms with E-state index in [1.807, 2.05) is 0 Å². The van der Waals surface area contributed by atoms with Crippen molar-refractivity contribution in [2.75, 3.05) is 0 Å². The summed E-state index contributed by atoms with van der Waals surface area (Å²) in [6.07, 6.45) is -0.145. The molecule has 14 heavy (non-hydrogen) atoms. The van der Waals surface area contributed by atoms with Gasteiger partial charge in [-0.25, -0.2) is 8.78 Å². The summed E-state index contributed by atoms with van der Waals surface area (Å²) in [5.41, 5.74) is -0.00120. The van der Waals surface area contributed by atoms with Crippen molar-refractivity contribution in [3.8, 4) is 0 Å². The number of alkyl halides is 2. The van der Waals surface area contributed by atoms with Gasteiger partial charge in [0.15, 0.2) is 0 Å². The van der Waals surface area contributed by atoms with Crippen LogP contribution in [0.5, 0.6) is 0 Å². The molecule has 3 heteroatoms. The predicted molar refractivity (Wildman–Crippen MR) is 54.8 cm³/mol. The van der Waals surface area contributed by atoms with E-state index in [2.05, 4.69) is 0 Å². The van der Waals surface area contributed by atoms with Crippen LogP contribution in [0.15, 0.2) is 24.3 Å². The van der Waals surface area contributed by atoms with Gasteiger partial charge in [-0.3, -0.25) is 0 Å². The Balaban J connectivity index is 2.91. The predicted octanol–water partition coefficient (Wildman–Crippen LogP) is 4.48. The monoisotopic (exact) mass is 218 g/mol. The smallest absolute Gasteiger partial charge is 0.201 e. The van der Waals surface area contributed by atoms with Crippen LogP contribution in [0.4, 0.5) is 8.78 Å². The summed E-state index contributed by atoms with van der Waals surface area (Å²) in [7, 11) is 0. The van der Waals surface area contributed by atoms with E-state index < -0.39 is 5.92 Å². The topological polar surface area (TPSA) is 0 Å². The third-order valence-corrected chi connectivity index (χ3v) is 2.15. The van der Waals surface area contributed by atoms with E-state index in [-0.39, 0.29) is 17.9 Å². The zero-order valence-corrected chi connectivity index (χ0v) is 8.98. The fourth-order valence-electron chi connectivity index (χ4n) is 1.35. The average molecular weight is 219 g/mol. The van der Waals surface area contributed by atoms with E-state index in [1.54, 1.807) is 26.0 Å². The number of halogens is 3. The summed E-state index contributed by atoms with van der Waals surface area (Å²) in [4.78, 5) is 0.